The van der Waals surface area contributed by atoms with E-state index in [-0.39, 0.29) is 11.4 Å². The van der Waals surface area contributed by atoms with Crippen LogP contribution in [-0.2, 0) is 19.3 Å². The zero-order valence-electron chi connectivity index (χ0n) is 11.6. The van der Waals surface area contributed by atoms with E-state index in [1.807, 2.05) is 0 Å². The van der Waals surface area contributed by atoms with Gasteiger partial charge in [-0.25, -0.2) is 8.42 Å². The SMILES string of the molecule is CS(=O)(=O)C1CCCC(OC2(CN)CCCOC2)C1. The Kier molecular flexibility index (Phi) is 4.87. The molecule has 1 aliphatic heterocycles. The van der Waals surface area contributed by atoms with Gasteiger partial charge in [-0.1, -0.05) is 0 Å². The summed E-state index contributed by atoms with van der Waals surface area (Å²) in [5.41, 5.74) is 5.45. The average Bonchev–Trinajstić information content (AvgIpc) is 2.39. The molecule has 0 spiro atoms. The van der Waals surface area contributed by atoms with E-state index in [0.29, 0.717) is 19.6 Å². The molecule has 0 aromatic heterocycles. The Morgan fingerprint density at radius 1 is 1.37 bits per heavy atom. The van der Waals surface area contributed by atoms with Crippen LogP contribution in [0.4, 0.5) is 0 Å². The topological polar surface area (TPSA) is 78.6 Å². The van der Waals surface area contributed by atoms with Crippen LogP contribution >= 0.6 is 0 Å². The summed E-state index contributed by atoms with van der Waals surface area (Å²) in [7, 11) is -2.97. The minimum absolute atomic E-state index is 0.00118. The molecular weight excluding hydrogens is 266 g/mol. The maximum absolute atomic E-state index is 11.7. The van der Waals surface area contributed by atoms with Gasteiger partial charge >= 0.3 is 0 Å². The van der Waals surface area contributed by atoms with Gasteiger partial charge in [0.25, 0.3) is 0 Å². The van der Waals surface area contributed by atoms with Crippen LogP contribution in [0.5, 0.6) is 0 Å². The van der Waals surface area contributed by atoms with Crippen molar-refractivity contribution < 1.29 is 17.9 Å². The van der Waals surface area contributed by atoms with Gasteiger partial charge in [-0.3, -0.25) is 0 Å². The number of ether oxygens (including phenoxy) is 2. The van der Waals surface area contributed by atoms with Crippen molar-refractivity contribution in [2.24, 2.45) is 5.73 Å². The van der Waals surface area contributed by atoms with Crippen molar-refractivity contribution >= 4 is 9.84 Å². The highest BCUT2D eigenvalue weighted by Gasteiger charge is 2.38. The van der Waals surface area contributed by atoms with Crippen LogP contribution in [0.15, 0.2) is 0 Å². The molecular formula is C13H25NO4S. The van der Waals surface area contributed by atoms with Gasteiger partial charge in [-0.2, -0.15) is 0 Å². The van der Waals surface area contributed by atoms with E-state index in [1.54, 1.807) is 0 Å². The minimum Gasteiger partial charge on any atom is -0.378 e. The molecule has 2 aliphatic rings. The number of hydrogen-bond acceptors (Lipinski definition) is 5. The zero-order chi connectivity index (χ0) is 13.9. The van der Waals surface area contributed by atoms with Crippen molar-refractivity contribution in [3.05, 3.63) is 0 Å². The number of nitrogens with two attached hydrogens (primary N) is 1. The van der Waals surface area contributed by atoms with Crippen LogP contribution in [0, 0.1) is 0 Å². The highest BCUT2D eigenvalue weighted by molar-refractivity contribution is 7.91. The summed E-state index contributed by atoms with van der Waals surface area (Å²) in [5, 5.41) is -0.259. The smallest absolute Gasteiger partial charge is 0.150 e. The first-order valence-corrected chi connectivity index (χ1v) is 9.05. The number of hydrogen-bond donors (Lipinski definition) is 1. The van der Waals surface area contributed by atoms with Crippen molar-refractivity contribution in [2.45, 2.75) is 55.5 Å². The fourth-order valence-electron chi connectivity index (χ4n) is 3.08. The van der Waals surface area contributed by atoms with Gasteiger partial charge in [0.15, 0.2) is 0 Å². The second kappa shape index (κ2) is 6.08. The molecule has 0 aromatic carbocycles. The molecule has 112 valence electrons. The highest BCUT2D eigenvalue weighted by atomic mass is 32.2. The van der Waals surface area contributed by atoms with Gasteiger partial charge in [-0.05, 0) is 38.5 Å². The van der Waals surface area contributed by atoms with Gasteiger partial charge in [0.1, 0.15) is 15.4 Å². The Morgan fingerprint density at radius 2 is 2.16 bits per heavy atom. The summed E-state index contributed by atoms with van der Waals surface area (Å²) >= 11 is 0. The van der Waals surface area contributed by atoms with Crippen molar-refractivity contribution in [2.75, 3.05) is 26.0 Å². The van der Waals surface area contributed by atoms with E-state index in [4.69, 9.17) is 15.2 Å². The van der Waals surface area contributed by atoms with Crippen LogP contribution in [0.1, 0.15) is 38.5 Å². The second-order valence-corrected chi connectivity index (χ2v) is 8.23. The second-order valence-electron chi connectivity index (χ2n) is 5.90. The van der Waals surface area contributed by atoms with Gasteiger partial charge in [0.2, 0.25) is 0 Å². The molecule has 1 saturated carbocycles. The van der Waals surface area contributed by atoms with E-state index >= 15 is 0 Å². The highest BCUT2D eigenvalue weighted by Crippen LogP contribution is 2.31. The van der Waals surface area contributed by atoms with Crippen LogP contribution in [0.25, 0.3) is 0 Å². The third kappa shape index (κ3) is 3.90. The molecule has 2 N–H and O–H groups in total. The molecule has 2 rings (SSSR count). The lowest BCUT2D eigenvalue weighted by molar-refractivity contribution is -0.158. The quantitative estimate of drug-likeness (QED) is 0.831. The predicted octanol–water partition coefficient (Wildman–Crippen LogP) is 0.867. The molecule has 0 aromatic rings. The first kappa shape index (κ1) is 15.2. The molecule has 6 heteroatoms. The molecule has 1 saturated heterocycles. The van der Waals surface area contributed by atoms with E-state index in [9.17, 15) is 8.42 Å². The Bertz CT molecular complexity index is 389. The van der Waals surface area contributed by atoms with Crippen LogP contribution in [0.3, 0.4) is 0 Å². The molecule has 0 bridgehead atoms. The van der Waals surface area contributed by atoms with Crippen molar-refractivity contribution in [3.8, 4) is 0 Å². The fourth-order valence-corrected chi connectivity index (χ4v) is 4.24. The van der Waals surface area contributed by atoms with E-state index < -0.39 is 15.4 Å². The lowest BCUT2D eigenvalue weighted by Gasteiger charge is -2.41. The maximum Gasteiger partial charge on any atom is 0.150 e. The first-order valence-electron chi connectivity index (χ1n) is 7.10. The van der Waals surface area contributed by atoms with Crippen LogP contribution < -0.4 is 5.73 Å². The monoisotopic (exact) mass is 291 g/mol. The summed E-state index contributed by atoms with van der Waals surface area (Å²) in [6.07, 6.45) is 6.37. The third-order valence-corrected chi connectivity index (χ3v) is 5.90. The summed E-state index contributed by atoms with van der Waals surface area (Å²) < 4.78 is 35.0. The Hall–Kier alpha value is -0.170. The standard InChI is InChI=1S/C13H25NO4S/c1-19(15,16)12-5-2-4-11(8-12)18-13(9-14)6-3-7-17-10-13/h11-12H,2-10,14H2,1H3. The largest absolute Gasteiger partial charge is 0.378 e. The summed E-state index contributed by atoms with van der Waals surface area (Å²) in [5.74, 6) is 0. The summed E-state index contributed by atoms with van der Waals surface area (Å²) in [4.78, 5) is 0. The molecule has 2 fully saturated rings. The average molecular weight is 291 g/mol. The number of sulfone groups is 1. The van der Waals surface area contributed by atoms with Gasteiger partial charge in [0, 0.05) is 19.4 Å². The Balaban J connectivity index is 1.97. The molecule has 19 heavy (non-hydrogen) atoms. The molecule has 0 radical (unpaired) electrons. The van der Waals surface area contributed by atoms with Crippen LogP contribution in [-0.4, -0.2) is 51.4 Å². The Morgan fingerprint density at radius 3 is 2.74 bits per heavy atom. The molecule has 1 aliphatic carbocycles. The van der Waals surface area contributed by atoms with Crippen LogP contribution in [0.2, 0.25) is 0 Å². The fraction of sp³-hybridized carbons (Fsp3) is 1.00. The van der Waals surface area contributed by atoms with E-state index in [0.717, 1.165) is 38.7 Å². The first-order chi connectivity index (χ1) is 8.95. The molecule has 5 nitrogen and oxygen atoms in total. The van der Waals surface area contributed by atoms with Gasteiger partial charge in [-0.15, -0.1) is 0 Å². The predicted molar refractivity (Wildman–Crippen MR) is 73.8 cm³/mol. The van der Waals surface area contributed by atoms with Crippen molar-refractivity contribution in [1.82, 2.24) is 0 Å². The van der Waals surface area contributed by atoms with Gasteiger partial charge in [0.05, 0.1) is 18.0 Å². The van der Waals surface area contributed by atoms with Crippen molar-refractivity contribution in [1.29, 1.82) is 0 Å². The third-order valence-electron chi connectivity index (χ3n) is 4.26. The minimum atomic E-state index is -2.97. The lowest BCUT2D eigenvalue weighted by Crippen LogP contribution is -2.51. The Labute approximate surface area is 115 Å². The zero-order valence-corrected chi connectivity index (χ0v) is 12.5. The molecule has 3 unspecified atom stereocenters. The number of rotatable bonds is 4. The maximum atomic E-state index is 11.7. The summed E-state index contributed by atoms with van der Waals surface area (Å²) in [6, 6.07) is 0. The van der Waals surface area contributed by atoms with Gasteiger partial charge < -0.3 is 15.2 Å². The lowest BCUT2D eigenvalue weighted by atomic mass is 9.93. The molecule has 1 heterocycles. The summed E-state index contributed by atoms with van der Waals surface area (Å²) in [6.45, 7) is 1.73. The molecule has 0 amide bonds. The van der Waals surface area contributed by atoms with E-state index in [1.165, 1.54) is 6.26 Å². The van der Waals surface area contributed by atoms with Crippen molar-refractivity contribution in [3.63, 3.8) is 0 Å². The van der Waals surface area contributed by atoms with E-state index in [2.05, 4.69) is 0 Å². The normalized spacial score (nSPS) is 37.2. The molecule has 3 atom stereocenters.